The summed E-state index contributed by atoms with van der Waals surface area (Å²) in [7, 11) is -3.99. The Morgan fingerprint density at radius 2 is 1.73 bits per heavy atom. The van der Waals surface area contributed by atoms with Crippen LogP contribution < -0.4 is 4.41 Å². The lowest BCUT2D eigenvalue weighted by molar-refractivity contribution is -0.137. The monoisotopic (exact) mass is 463 g/mol. The van der Waals surface area contributed by atoms with Crippen LogP contribution in [0, 0.1) is 12.7 Å². The highest BCUT2D eigenvalue weighted by Gasteiger charge is 2.36. The van der Waals surface area contributed by atoms with E-state index in [1.54, 1.807) is 60.0 Å². The quantitative estimate of drug-likeness (QED) is 0.493. The van der Waals surface area contributed by atoms with Crippen LogP contribution in [-0.2, 0) is 21.4 Å². The molecule has 7 nitrogen and oxygen atoms in total. The third-order valence-electron chi connectivity index (χ3n) is 5.63. The number of fused-ring (bicyclic) bond motifs is 2. The minimum atomic E-state index is -3.99. The molecule has 0 bridgehead atoms. The highest BCUT2D eigenvalue weighted by molar-refractivity contribution is 7.93. The van der Waals surface area contributed by atoms with E-state index in [1.165, 1.54) is 24.3 Å². The summed E-state index contributed by atoms with van der Waals surface area (Å²) in [5.41, 5.74) is 2.58. The second-order valence-electron chi connectivity index (χ2n) is 7.63. The summed E-state index contributed by atoms with van der Waals surface area (Å²) in [5.74, 6) is -1.54. The summed E-state index contributed by atoms with van der Waals surface area (Å²) in [6.45, 7) is 1.39. The summed E-state index contributed by atoms with van der Waals surface area (Å²) >= 11 is 0. The molecular weight excluding hydrogens is 445 g/mol. The van der Waals surface area contributed by atoms with Gasteiger partial charge in [0.2, 0.25) is 0 Å². The van der Waals surface area contributed by atoms with Gasteiger partial charge in [0.25, 0.3) is 10.0 Å². The molecule has 2 heterocycles. The Bertz CT molecular complexity index is 1560. The first-order valence-corrected chi connectivity index (χ1v) is 11.5. The van der Waals surface area contributed by atoms with Crippen molar-refractivity contribution in [3.63, 3.8) is 0 Å². The van der Waals surface area contributed by atoms with Crippen LogP contribution in [-0.4, -0.2) is 29.8 Å². The number of hydrazone groups is 1. The number of carboxylic acid groups (broad SMARTS) is 1. The standard InChI is InChI=1S/C24H18FN3O4S/c1-15-23(19-13-16(25)11-12-20(19)27(15)14-22(29)30)24-18-9-5-6-10-21(18)33(31,32)28(26-24)17-7-3-2-4-8-17/h2-13H,14H2,1H3,(H,29,30). The molecule has 33 heavy (non-hydrogen) atoms. The van der Waals surface area contributed by atoms with E-state index in [2.05, 4.69) is 5.10 Å². The van der Waals surface area contributed by atoms with E-state index in [4.69, 9.17) is 0 Å². The number of halogens is 1. The van der Waals surface area contributed by atoms with E-state index < -0.39 is 21.8 Å². The smallest absolute Gasteiger partial charge is 0.323 e. The molecule has 5 rings (SSSR count). The molecule has 0 unspecified atom stereocenters. The first-order chi connectivity index (χ1) is 15.8. The molecule has 0 saturated heterocycles. The lowest BCUT2D eigenvalue weighted by Gasteiger charge is -2.27. The Hall–Kier alpha value is -3.98. The molecule has 0 fully saturated rings. The van der Waals surface area contributed by atoms with Gasteiger partial charge in [0.05, 0.1) is 10.6 Å². The lowest BCUT2D eigenvalue weighted by atomic mass is 9.99. The summed E-state index contributed by atoms with van der Waals surface area (Å²) in [4.78, 5) is 11.6. The number of hydrogen-bond donors (Lipinski definition) is 1. The van der Waals surface area contributed by atoms with Crippen LogP contribution in [0.5, 0.6) is 0 Å². The highest BCUT2D eigenvalue weighted by Crippen LogP contribution is 2.36. The van der Waals surface area contributed by atoms with Crippen molar-refractivity contribution < 1.29 is 22.7 Å². The van der Waals surface area contributed by atoms with E-state index >= 15 is 0 Å². The number of sulfonamides is 1. The molecule has 0 atom stereocenters. The zero-order valence-corrected chi connectivity index (χ0v) is 18.3. The molecule has 0 aliphatic carbocycles. The van der Waals surface area contributed by atoms with Gasteiger partial charge in [0, 0.05) is 27.7 Å². The van der Waals surface area contributed by atoms with Gasteiger partial charge in [0.15, 0.2) is 0 Å². The Morgan fingerprint density at radius 1 is 1.03 bits per heavy atom. The van der Waals surface area contributed by atoms with Crippen molar-refractivity contribution in [2.75, 3.05) is 4.41 Å². The molecule has 0 saturated carbocycles. The average Bonchev–Trinajstić information content (AvgIpc) is 3.05. The van der Waals surface area contributed by atoms with Crippen LogP contribution in [0.4, 0.5) is 10.1 Å². The largest absolute Gasteiger partial charge is 0.480 e. The van der Waals surface area contributed by atoms with Crippen molar-refractivity contribution in [2.24, 2.45) is 5.10 Å². The summed E-state index contributed by atoms with van der Waals surface area (Å²) in [6, 6.07) is 19.0. The van der Waals surface area contributed by atoms with Crippen LogP contribution >= 0.6 is 0 Å². The van der Waals surface area contributed by atoms with Gasteiger partial charge in [-0.2, -0.15) is 17.9 Å². The topological polar surface area (TPSA) is 92.0 Å². The van der Waals surface area contributed by atoms with Crippen molar-refractivity contribution in [1.82, 2.24) is 4.57 Å². The first-order valence-electron chi connectivity index (χ1n) is 10.1. The number of carboxylic acids is 1. The molecule has 1 N–H and O–H groups in total. The molecule has 1 aliphatic rings. The predicted molar refractivity (Wildman–Crippen MR) is 122 cm³/mol. The van der Waals surface area contributed by atoms with Crippen LogP contribution in [0.3, 0.4) is 0 Å². The van der Waals surface area contributed by atoms with Crippen molar-refractivity contribution >= 4 is 38.3 Å². The number of anilines is 1. The maximum Gasteiger partial charge on any atom is 0.323 e. The molecule has 166 valence electrons. The maximum atomic E-state index is 14.3. The normalized spacial score (nSPS) is 14.7. The van der Waals surface area contributed by atoms with Crippen molar-refractivity contribution in [3.05, 3.63) is 95.4 Å². The fourth-order valence-electron chi connectivity index (χ4n) is 4.21. The van der Waals surface area contributed by atoms with Gasteiger partial charge in [-0.05, 0) is 43.3 Å². The molecule has 1 aliphatic heterocycles. The van der Waals surface area contributed by atoms with Crippen molar-refractivity contribution in [1.29, 1.82) is 0 Å². The second kappa shape index (κ2) is 7.56. The Kier molecular flexibility index (Phi) is 4.79. The fraction of sp³-hybridized carbons (Fsp3) is 0.0833. The minimum absolute atomic E-state index is 0.0637. The number of para-hydroxylation sites is 1. The zero-order chi connectivity index (χ0) is 23.3. The van der Waals surface area contributed by atoms with Gasteiger partial charge in [-0.15, -0.1) is 0 Å². The Morgan fingerprint density at radius 3 is 2.45 bits per heavy atom. The third-order valence-corrected chi connectivity index (χ3v) is 7.29. The van der Waals surface area contributed by atoms with Gasteiger partial charge < -0.3 is 9.67 Å². The highest BCUT2D eigenvalue weighted by atomic mass is 32.2. The summed E-state index contributed by atoms with van der Waals surface area (Å²) in [5, 5.41) is 14.4. The number of aromatic nitrogens is 1. The Labute approximate surface area is 189 Å². The Balaban J connectivity index is 1.87. The number of hydrogen-bond acceptors (Lipinski definition) is 4. The van der Waals surface area contributed by atoms with Crippen LogP contribution in [0.15, 0.2) is 82.8 Å². The minimum Gasteiger partial charge on any atom is -0.480 e. The van der Waals surface area contributed by atoms with E-state index in [9.17, 15) is 22.7 Å². The number of benzene rings is 3. The maximum absolute atomic E-state index is 14.3. The van der Waals surface area contributed by atoms with E-state index in [1.807, 2.05) is 0 Å². The van der Waals surface area contributed by atoms with Crippen molar-refractivity contribution in [2.45, 2.75) is 18.4 Å². The fourth-order valence-corrected chi connectivity index (χ4v) is 5.68. The van der Waals surface area contributed by atoms with Gasteiger partial charge in [0.1, 0.15) is 18.1 Å². The van der Waals surface area contributed by atoms with Gasteiger partial charge >= 0.3 is 5.97 Å². The number of aliphatic carboxylic acids is 1. The lowest BCUT2D eigenvalue weighted by Crippen LogP contribution is -2.33. The predicted octanol–water partition coefficient (Wildman–Crippen LogP) is 4.13. The molecule has 9 heteroatoms. The molecular formula is C24H18FN3O4S. The SMILES string of the molecule is Cc1c(C2=NN(c3ccccc3)S(=O)(=O)c3ccccc32)c2cc(F)ccc2n1CC(=O)O. The van der Waals surface area contributed by atoms with Crippen LogP contribution in [0.25, 0.3) is 10.9 Å². The number of carbonyl (C=O) groups is 1. The molecule has 4 aromatic rings. The molecule has 0 spiro atoms. The van der Waals surface area contributed by atoms with Gasteiger partial charge in [-0.3, -0.25) is 4.79 Å². The van der Waals surface area contributed by atoms with E-state index in [-0.39, 0.29) is 11.4 Å². The molecule has 3 aromatic carbocycles. The van der Waals surface area contributed by atoms with Gasteiger partial charge in [-0.25, -0.2) is 4.39 Å². The van der Waals surface area contributed by atoms with Gasteiger partial charge in [-0.1, -0.05) is 36.4 Å². The third kappa shape index (κ3) is 3.28. The summed E-state index contributed by atoms with van der Waals surface area (Å²) < 4.78 is 43.6. The molecule has 1 aromatic heterocycles. The average molecular weight is 463 g/mol. The second-order valence-corrected chi connectivity index (χ2v) is 9.37. The molecule has 0 radical (unpaired) electrons. The first kappa shape index (κ1) is 20.9. The van der Waals surface area contributed by atoms with E-state index in [0.29, 0.717) is 39.1 Å². The zero-order valence-electron chi connectivity index (χ0n) is 17.4. The van der Waals surface area contributed by atoms with Crippen LogP contribution in [0.2, 0.25) is 0 Å². The molecule has 0 amide bonds. The van der Waals surface area contributed by atoms with E-state index in [0.717, 1.165) is 4.41 Å². The number of rotatable bonds is 4. The van der Waals surface area contributed by atoms with Crippen molar-refractivity contribution in [3.8, 4) is 0 Å². The summed E-state index contributed by atoms with van der Waals surface area (Å²) in [6.07, 6.45) is 0. The van der Waals surface area contributed by atoms with Crippen LogP contribution in [0.1, 0.15) is 16.8 Å². The number of nitrogens with zero attached hydrogens (tertiary/aromatic N) is 3.